The molecule has 1 aromatic heterocycles. The van der Waals surface area contributed by atoms with Crippen molar-refractivity contribution >= 4 is 39.4 Å². The Morgan fingerprint density at radius 2 is 1.96 bits per heavy atom. The van der Waals surface area contributed by atoms with Crippen molar-refractivity contribution in [1.82, 2.24) is 5.43 Å². The predicted molar refractivity (Wildman–Crippen MR) is 104 cm³/mol. The molecule has 1 amide bonds. The number of benzene rings is 2. The maximum atomic E-state index is 11.9. The first-order chi connectivity index (χ1) is 12.1. The van der Waals surface area contributed by atoms with E-state index in [0.717, 1.165) is 12.0 Å². The van der Waals surface area contributed by atoms with Crippen molar-refractivity contribution in [3.8, 4) is 5.75 Å². The number of hydrogen-bond acceptors (Lipinski definition) is 4. The number of phenolic OH excluding ortho intramolecular Hbond substituents is 1. The Kier molecular flexibility index (Phi) is 5.63. The van der Waals surface area contributed by atoms with E-state index in [0.29, 0.717) is 14.9 Å². The Balaban J connectivity index is 1.76. The van der Waals surface area contributed by atoms with Crippen molar-refractivity contribution in [2.75, 3.05) is 0 Å². The van der Waals surface area contributed by atoms with Crippen molar-refractivity contribution in [3.63, 3.8) is 0 Å². The second kappa shape index (κ2) is 8.09. The third-order valence-corrected chi connectivity index (χ3v) is 4.99. The maximum absolute atomic E-state index is 11.9. The Bertz CT molecular complexity index is 893. The van der Waals surface area contributed by atoms with Crippen LogP contribution in [0.3, 0.4) is 0 Å². The highest BCUT2D eigenvalue weighted by Crippen LogP contribution is 2.29. The fourth-order valence-corrected chi connectivity index (χ4v) is 3.47. The number of phenols is 1. The number of nitrogens with zero attached hydrogens (tertiary/aromatic N) is 1. The first kappa shape index (κ1) is 17.4. The van der Waals surface area contributed by atoms with Crippen LogP contribution in [0.15, 0.2) is 69.6 Å². The molecule has 25 heavy (non-hydrogen) atoms. The molecule has 2 aromatic carbocycles. The standard InChI is InChI=1S/C19H15BrN2O2S/c20-16-11-14(9-13-5-2-1-3-6-13)10-15(18(16)23)12-21-22-19(24)17-7-4-8-25-17/h1-8,10-12,23H,9H2,(H,22,24)/b21-12-. The highest BCUT2D eigenvalue weighted by atomic mass is 79.9. The number of hydrazone groups is 1. The average molecular weight is 415 g/mol. The third kappa shape index (κ3) is 4.55. The van der Waals surface area contributed by atoms with Gasteiger partial charge in [-0.1, -0.05) is 36.4 Å². The van der Waals surface area contributed by atoms with Crippen LogP contribution in [-0.2, 0) is 6.42 Å². The largest absolute Gasteiger partial charge is 0.506 e. The molecule has 2 N–H and O–H groups in total. The number of rotatable bonds is 5. The molecule has 3 aromatic rings. The van der Waals surface area contributed by atoms with Gasteiger partial charge in [0.15, 0.2) is 0 Å². The number of nitrogens with one attached hydrogen (secondary N) is 1. The Labute approximate surface area is 158 Å². The number of hydrogen-bond donors (Lipinski definition) is 2. The Morgan fingerprint density at radius 1 is 1.16 bits per heavy atom. The van der Waals surface area contributed by atoms with Gasteiger partial charge in [-0.2, -0.15) is 5.10 Å². The van der Waals surface area contributed by atoms with Crippen LogP contribution >= 0.6 is 27.3 Å². The van der Waals surface area contributed by atoms with Crippen molar-refractivity contribution < 1.29 is 9.90 Å². The van der Waals surface area contributed by atoms with E-state index >= 15 is 0 Å². The van der Waals surface area contributed by atoms with Gasteiger partial charge in [0.25, 0.3) is 5.91 Å². The van der Waals surface area contributed by atoms with E-state index in [1.165, 1.54) is 23.1 Å². The fourth-order valence-electron chi connectivity index (χ4n) is 2.33. The van der Waals surface area contributed by atoms with Crippen LogP contribution < -0.4 is 5.43 Å². The van der Waals surface area contributed by atoms with Crippen LogP contribution in [0.2, 0.25) is 0 Å². The second-order valence-corrected chi connectivity index (χ2v) is 7.16. The Hall–Kier alpha value is -2.44. The minimum absolute atomic E-state index is 0.0888. The number of halogens is 1. The topological polar surface area (TPSA) is 61.7 Å². The minimum atomic E-state index is -0.273. The molecule has 3 rings (SSSR count). The van der Waals surface area contributed by atoms with Crippen molar-refractivity contribution in [1.29, 1.82) is 0 Å². The lowest BCUT2D eigenvalue weighted by molar-refractivity contribution is 0.0959. The summed E-state index contributed by atoms with van der Waals surface area (Å²) in [6.07, 6.45) is 2.18. The van der Waals surface area contributed by atoms with Gasteiger partial charge in [-0.15, -0.1) is 11.3 Å². The van der Waals surface area contributed by atoms with E-state index in [-0.39, 0.29) is 11.7 Å². The maximum Gasteiger partial charge on any atom is 0.281 e. The molecule has 0 saturated carbocycles. The first-order valence-electron chi connectivity index (χ1n) is 7.55. The van der Waals surface area contributed by atoms with E-state index in [1.807, 2.05) is 35.7 Å². The fraction of sp³-hybridized carbons (Fsp3) is 0.0526. The summed E-state index contributed by atoms with van der Waals surface area (Å²) in [4.78, 5) is 12.5. The van der Waals surface area contributed by atoms with Gasteiger partial charge in [0.2, 0.25) is 0 Å². The summed E-state index contributed by atoms with van der Waals surface area (Å²) >= 11 is 4.71. The molecule has 4 nitrogen and oxygen atoms in total. The zero-order valence-electron chi connectivity index (χ0n) is 13.1. The molecule has 1 heterocycles. The van der Waals surface area contributed by atoms with E-state index in [2.05, 4.69) is 38.6 Å². The molecule has 0 spiro atoms. The highest BCUT2D eigenvalue weighted by molar-refractivity contribution is 9.10. The van der Waals surface area contributed by atoms with Gasteiger partial charge in [0.1, 0.15) is 5.75 Å². The van der Waals surface area contributed by atoms with Gasteiger partial charge in [-0.3, -0.25) is 4.79 Å². The lowest BCUT2D eigenvalue weighted by Crippen LogP contribution is -2.16. The lowest BCUT2D eigenvalue weighted by atomic mass is 10.0. The molecule has 0 radical (unpaired) electrons. The van der Waals surface area contributed by atoms with E-state index in [9.17, 15) is 9.90 Å². The van der Waals surface area contributed by atoms with Crippen LogP contribution in [0.5, 0.6) is 5.75 Å². The van der Waals surface area contributed by atoms with Gasteiger partial charge in [0, 0.05) is 5.56 Å². The molecule has 126 valence electrons. The van der Waals surface area contributed by atoms with Crippen LogP contribution in [-0.4, -0.2) is 17.2 Å². The SMILES string of the molecule is O=C(N/N=C\c1cc(Cc2ccccc2)cc(Br)c1O)c1cccs1. The minimum Gasteiger partial charge on any atom is -0.506 e. The Morgan fingerprint density at radius 3 is 2.68 bits per heavy atom. The molecule has 0 aliphatic heterocycles. The summed E-state index contributed by atoms with van der Waals surface area (Å²) in [7, 11) is 0. The number of carbonyl (C=O) groups excluding carboxylic acids is 1. The molecule has 0 unspecified atom stereocenters. The second-order valence-electron chi connectivity index (χ2n) is 5.35. The van der Waals surface area contributed by atoms with Gasteiger partial charge in [-0.05, 0) is 57.1 Å². The van der Waals surface area contributed by atoms with E-state index in [4.69, 9.17) is 0 Å². The molecule has 0 aliphatic carbocycles. The number of amides is 1. The molecule has 0 bridgehead atoms. The van der Waals surface area contributed by atoms with Crippen LogP contribution in [0.4, 0.5) is 0 Å². The van der Waals surface area contributed by atoms with Crippen LogP contribution in [0.1, 0.15) is 26.4 Å². The predicted octanol–water partition coefficient (Wildman–Crippen LogP) is 4.57. The zero-order chi connectivity index (χ0) is 17.6. The van der Waals surface area contributed by atoms with Crippen LogP contribution in [0.25, 0.3) is 0 Å². The molecular formula is C19H15BrN2O2S. The van der Waals surface area contributed by atoms with Crippen molar-refractivity contribution in [2.45, 2.75) is 6.42 Å². The summed E-state index contributed by atoms with van der Waals surface area (Å²) in [5, 5.41) is 16.0. The number of thiophene rings is 1. The molecule has 0 fully saturated rings. The lowest BCUT2D eigenvalue weighted by Gasteiger charge is -2.07. The number of carbonyl (C=O) groups is 1. The molecule has 0 saturated heterocycles. The van der Waals surface area contributed by atoms with Gasteiger partial charge in [0.05, 0.1) is 15.6 Å². The summed E-state index contributed by atoms with van der Waals surface area (Å²) in [6.45, 7) is 0. The first-order valence-corrected chi connectivity index (χ1v) is 9.23. The summed E-state index contributed by atoms with van der Waals surface area (Å²) in [5.41, 5.74) is 5.20. The number of aromatic hydroxyl groups is 1. The highest BCUT2D eigenvalue weighted by Gasteiger charge is 2.08. The third-order valence-electron chi connectivity index (χ3n) is 3.52. The summed E-state index contributed by atoms with van der Waals surface area (Å²) < 4.78 is 0.590. The quantitative estimate of drug-likeness (QED) is 0.474. The summed E-state index contributed by atoms with van der Waals surface area (Å²) in [5.74, 6) is -0.184. The summed E-state index contributed by atoms with van der Waals surface area (Å²) in [6, 6.07) is 17.3. The van der Waals surface area contributed by atoms with Gasteiger partial charge >= 0.3 is 0 Å². The van der Waals surface area contributed by atoms with Crippen molar-refractivity contribution in [3.05, 3.63) is 86.0 Å². The normalized spacial score (nSPS) is 10.9. The monoisotopic (exact) mass is 414 g/mol. The van der Waals surface area contributed by atoms with Crippen LogP contribution in [0, 0.1) is 0 Å². The zero-order valence-corrected chi connectivity index (χ0v) is 15.5. The van der Waals surface area contributed by atoms with Gasteiger partial charge in [-0.25, -0.2) is 5.43 Å². The molecule has 0 atom stereocenters. The molecular weight excluding hydrogens is 400 g/mol. The van der Waals surface area contributed by atoms with Crippen molar-refractivity contribution in [2.24, 2.45) is 5.10 Å². The molecule has 0 aliphatic rings. The van der Waals surface area contributed by atoms with E-state index in [1.54, 1.807) is 12.1 Å². The smallest absolute Gasteiger partial charge is 0.281 e. The molecule has 6 heteroatoms. The average Bonchev–Trinajstić information content (AvgIpc) is 3.14. The van der Waals surface area contributed by atoms with E-state index < -0.39 is 0 Å². The van der Waals surface area contributed by atoms with Gasteiger partial charge < -0.3 is 5.11 Å².